The van der Waals surface area contributed by atoms with Gasteiger partial charge in [-0.05, 0) is 43.5 Å². The van der Waals surface area contributed by atoms with Crippen molar-refractivity contribution in [3.8, 4) is 5.75 Å². The van der Waals surface area contributed by atoms with Gasteiger partial charge in [-0.2, -0.15) is 0 Å². The van der Waals surface area contributed by atoms with Gasteiger partial charge in [0.15, 0.2) is 0 Å². The predicted octanol–water partition coefficient (Wildman–Crippen LogP) is 2.76. The molecule has 0 bridgehead atoms. The van der Waals surface area contributed by atoms with Crippen LogP contribution in [0.5, 0.6) is 5.75 Å². The lowest BCUT2D eigenvalue weighted by Gasteiger charge is -2.22. The van der Waals surface area contributed by atoms with E-state index >= 15 is 0 Å². The second kappa shape index (κ2) is 9.77. The highest BCUT2D eigenvalue weighted by atomic mass is 16.5. The van der Waals surface area contributed by atoms with Crippen LogP contribution in [0.3, 0.4) is 0 Å². The van der Waals surface area contributed by atoms with E-state index in [4.69, 9.17) is 14.2 Å². The second-order valence-electron chi connectivity index (χ2n) is 5.35. The Morgan fingerprint density at radius 1 is 1.14 bits per heavy atom. The molecule has 118 valence electrons. The molecule has 0 unspecified atom stereocenters. The van der Waals surface area contributed by atoms with Crippen LogP contribution in [0.25, 0.3) is 0 Å². The first-order chi connectivity index (χ1) is 10.4. The summed E-state index contributed by atoms with van der Waals surface area (Å²) in [6, 6.07) is 8.27. The average molecular weight is 293 g/mol. The smallest absolute Gasteiger partial charge is 0.119 e. The summed E-state index contributed by atoms with van der Waals surface area (Å²) in [5.41, 5.74) is 1.29. The fraction of sp³-hybridized carbons (Fsp3) is 0.647. The number of nitrogens with one attached hydrogen (secondary N) is 1. The minimum Gasteiger partial charge on any atom is -0.491 e. The molecule has 1 fully saturated rings. The number of rotatable bonds is 9. The highest BCUT2D eigenvalue weighted by Gasteiger charge is 2.13. The van der Waals surface area contributed by atoms with Gasteiger partial charge in [-0.15, -0.1) is 0 Å². The lowest BCUT2D eigenvalue weighted by molar-refractivity contribution is -0.0388. The van der Waals surface area contributed by atoms with Crippen molar-refractivity contribution >= 4 is 0 Å². The number of hydrogen-bond acceptors (Lipinski definition) is 4. The van der Waals surface area contributed by atoms with Crippen LogP contribution in [0.15, 0.2) is 24.3 Å². The predicted molar refractivity (Wildman–Crippen MR) is 83.7 cm³/mol. The van der Waals surface area contributed by atoms with Gasteiger partial charge in [0, 0.05) is 19.8 Å². The van der Waals surface area contributed by atoms with Crippen molar-refractivity contribution in [3.63, 3.8) is 0 Å². The molecule has 0 amide bonds. The van der Waals surface area contributed by atoms with E-state index in [0.717, 1.165) is 51.3 Å². The fourth-order valence-corrected chi connectivity index (χ4v) is 2.33. The third-order valence-electron chi connectivity index (χ3n) is 3.55. The van der Waals surface area contributed by atoms with Crippen LogP contribution in [0, 0.1) is 0 Å². The van der Waals surface area contributed by atoms with Crippen LogP contribution in [0.2, 0.25) is 0 Å². The van der Waals surface area contributed by atoms with Crippen LogP contribution in [-0.4, -0.2) is 39.1 Å². The van der Waals surface area contributed by atoms with E-state index in [1.54, 1.807) is 0 Å². The Morgan fingerprint density at radius 2 is 1.90 bits per heavy atom. The zero-order valence-corrected chi connectivity index (χ0v) is 13.0. The van der Waals surface area contributed by atoms with Gasteiger partial charge in [-0.3, -0.25) is 0 Å². The van der Waals surface area contributed by atoms with Gasteiger partial charge >= 0.3 is 0 Å². The average Bonchev–Trinajstić information content (AvgIpc) is 2.54. The molecule has 0 radical (unpaired) electrons. The van der Waals surface area contributed by atoms with Crippen LogP contribution in [0.4, 0.5) is 0 Å². The van der Waals surface area contributed by atoms with E-state index in [1.165, 1.54) is 5.56 Å². The molecule has 1 aromatic rings. The number of benzene rings is 1. The molecule has 2 rings (SSSR count). The molecule has 0 aromatic heterocycles. The zero-order chi connectivity index (χ0) is 14.8. The van der Waals surface area contributed by atoms with Crippen LogP contribution in [0.1, 0.15) is 31.7 Å². The maximum absolute atomic E-state index is 5.78. The van der Waals surface area contributed by atoms with Gasteiger partial charge in [-0.25, -0.2) is 0 Å². The van der Waals surface area contributed by atoms with E-state index in [9.17, 15) is 0 Å². The first-order valence-electron chi connectivity index (χ1n) is 8.00. The Balaban J connectivity index is 1.59. The molecule has 1 aliphatic rings. The Kier molecular flexibility index (Phi) is 7.57. The molecule has 1 heterocycles. The summed E-state index contributed by atoms with van der Waals surface area (Å²) in [6.45, 7) is 7.03. The van der Waals surface area contributed by atoms with Gasteiger partial charge in [0.2, 0.25) is 0 Å². The van der Waals surface area contributed by atoms with E-state index in [-0.39, 0.29) is 0 Å². The van der Waals surface area contributed by atoms with Gasteiger partial charge in [-0.1, -0.05) is 19.1 Å². The zero-order valence-electron chi connectivity index (χ0n) is 13.0. The maximum Gasteiger partial charge on any atom is 0.119 e. The second-order valence-corrected chi connectivity index (χ2v) is 5.35. The molecule has 0 saturated carbocycles. The van der Waals surface area contributed by atoms with Crippen LogP contribution < -0.4 is 10.1 Å². The van der Waals surface area contributed by atoms with Crippen molar-refractivity contribution in [2.45, 2.75) is 38.8 Å². The normalized spacial score (nSPS) is 16.0. The van der Waals surface area contributed by atoms with Gasteiger partial charge in [0.1, 0.15) is 12.4 Å². The topological polar surface area (TPSA) is 39.7 Å². The maximum atomic E-state index is 5.78. The highest BCUT2D eigenvalue weighted by molar-refractivity contribution is 5.27. The Hall–Kier alpha value is -1.10. The van der Waals surface area contributed by atoms with Gasteiger partial charge in [0.25, 0.3) is 0 Å². The van der Waals surface area contributed by atoms with Crippen LogP contribution >= 0.6 is 0 Å². The van der Waals surface area contributed by atoms with E-state index in [1.807, 2.05) is 12.1 Å². The molecular weight excluding hydrogens is 266 g/mol. The monoisotopic (exact) mass is 293 g/mol. The molecule has 21 heavy (non-hydrogen) atoms. The number of ether oxygens (including phenoxy) is 3. The quantitative estimate of drug-likeness (QED) is 0.711. The molecule has 1 aliphatic heterocycles. The Bertz CT molecular complexity index is 374. The summed E-state index contributed by atoms with van der Waals surface area (Å²) >= 11 is 0. The lowest BCUT2D eigenvalue weighted by Crippen LogP contribution is -2.25. The highest BCUT2D eigenvalue weighted by Crippen LogP contribution is 2.13. The van der Waals surface area contributed by atoms with Crippen molar-refractivity contribution in [1.82, 2.24) is 5.32 Å². The van der Waals surface area contributed by atoms with Crippen molar-refractivity contribution in [2.24, 2.45) is 0 Å². The van der Waals surface area contributed by atoms with Crippen molar-refractivity contribution < 1.29 is 14.2 Å². The Morgan fingerprint density at radius 3 is 2.62 bits per heavy atom. The summed E-state index contributed by atoms with van der Waals surface area (Å²) in [4.78, 5) is 0. The molecule has 4 nitrogen and oxygen atoms in total. The van der Waals surface area contributed by atoms with Gasteiger partial charge in [0.05, 0.1) is 12.7 Å². The minimum atomic E-state index is 0.342. The molecule has 0 spiro atoms. The summed E-state index contributed by atoms with van der Waals surface area (Å²) in [5.74, 6) is 0.907. The van der Waals surface area contributed by atoms with Crippen molar-refractivity contribution in [1.29, 1.82) is 0 Å². The molecule has 1 saturated heterocycles. The summed E-state index contributed by atoms with van der Waals surface area (Å²) in [7, 11) is 0. The molecule has 1 N–H and O–H groups in total. The fourth-order valence-electron chi connectivity index (χ4n) is 2.33. The summed E-state index contributed by atoms with van der Waals surface area (Å²) in [5, 5.41) is 3.39. The van der Waals surface area contributed by atoms with E-state index in [0.29, 0.717) is 19.3 Å². The summed E-state index contributed by atoms with van der Waals surface area (Å²) < 4.78 is 16.8. The molecular formula is C17H27NO3. The minimum absolute atomic E-state index is 0.342. The standard InChI is InChI=1S/C17H27NO3/c1-2-9-18-14-15-3-5-16(6-4-15)20-12-13-21-17-7-10-19-11-8-17/h3-6,17-18H,2,7-14H2,1H3. The van der Waals surface area contributed by atoms with E-state index < -0.39 is 0 Å². The molecule has 1 aromatic carbocycles. The molecule has 0 aliphatic carbocycles. The first kappa shape index (κ1) is 16.3. The lowest BCUT2D eigenvalue weighted by atomic mass is 10.2. The summed E-state index contributed by atoms with van der Waals surface area (Å²) in [6.07, 6.45) is 3.50. The third-order valence-corrected chi connectivity index (χ3v) is 3.55. The first-order valence-corrected chi connectivity index (χ1v) is 8.00. The number of hydrogen-bond donors (Lipinski definition) is 1. The van der Waals surface area contributed by atoms with Crippen molar-refractivity contribution in [2.75, 3.05) is 33.0 Å². The van der Waals surface area contributed by atoms with Crippen molar-refractivity contribution in [3.05, 3.63) is 29.8 Å². The molecule has 4 heteroatoms. The van der Waals surface area contributed by atoms with Crippen LogP contribution in [-0.2, 0) is 16.0 Å². The largest absolute Gasteiger partial charge is 0.491 e. The SMILES string of the molecule is CCCNCc1ccc(OCCOC2CCOCC2)cc1. The molecule has 0 atom stereocenters. The Labute approximate surface area is 127 Å². The van der Waals surface area contributed by atoms with Gasteiger partial charge < -0.3 is 19.5 Å². The van der Waals surface area contributed by atoms with E-state index in [2.05, 4.69) is 24.4 Å². The third kappa shape index (κ3) is 6.46.